The highest BCUT2D eigenvalue weighted by Gasteiger charge is 2.15. The van der Waals surface area contributed by atoms with E-state index in [1.54, 1.807) is 42.5 Å². The number of sulfonamides is 2. The molecule has 0 atom stereocenters. The lowest BCUT2D eigenvalue weighted by Crippen LogP contribution is -2.22. The summed E-state index contributed by atoms with van der Waals surface area (Å²) in [4.78, 5) is 0.140. The lowest BCUT2D eigenvalue weighted by molar-refractivity contribution is 0.587. The van der Waals surface area contributed by atoms with E-state index in [9.17, 15) is 16.8 Å². The van der Waals surface area contributed by atoms with Crippen LogP contribution in [-0.4, -0.2) is 23.1 Å². The smallest absolute Gasteiger partial charge is 0.261 e. The van der Waals surface area contributed by atoms with Crippen molar-refractivity contribution in [3.05, 3.63) is 60.2 Å². The Balaban J connectivity index is 2.27. The summed E-state index contributed by atoms with van der Waals surface area (Å²) in [6, 6.07) is 14.6. The normalized spacial score (nSPS) is 12.0. The molecule has 0 saturated heterocycles. The molecule has 0 amide bonds. The minimum Gasteiger partial charge on any atom is -0.279 e. The largest absolute Gasteiger partial charge is 0.279 e. The van der Waals surface area contributed by atoms with Gasteiger partial charge >= 0.3 is 0 Å². The van der Waals surface area contributed by atoms with Crippen LogP contribution in [0.3, 0.4) is 0 Å². The second-order valence-electron chi connectivity index (χ2n) is 4.67. The zero-order valence-electron chi connectivity index (χ0n) is 11.9. The molecule has 2 aromatic carbocycles. The van der Waals surface area contributed by atoms with E-state index in [1.807, 2.05) is 0 Å². The SMILES string of the molecule is CS(=O)(=O)NCc1ccccc1NS(=O)(=O)c1ccccc1. The van der Waals surface area contributed by atoms with Crippen LogP contribution in [0.2, 0.25) is 0 Å². The average Bonchev–Trinajstić information content (AvgIpc) is 2.46. The molecule has 0 aliphatic rings. The first-order valence-corrected chi connectivity index (χ1v) is 9.76. The molecule has 2 aromatic rings. The van der Waals surface area contributed by atoms with Crippen LogP contribution >= 0.6 is 0 Å². The zero-order chi connectivity index (χ0) is 16.2. The van der Waals surface area contributed by atoms with E-state index in [4.69, 9.17) is 0 Å². The maximum atomic E-state index is 12.3. The van der Waals surface area contributed by atoms with Crippen molar-refractivity contribution in [2.24, 2.45) is 0 Å². The van der Waals surface area contributed by atoms with Gasteiger partial charge in [-0.25, -0.2) is 21.6 Å². The fraction of sp³-hybridized carbons (Fsp3) is 0.143. The lowest BCUT2D eigenvalue weighted by atomic mass is 10.2. The Morgan fingerprint density at radius 3 is 2.09 bits per heavy atom. The third-order valence-electron chi connectivity index (χ3n) is 2.84. The van der Waals surface area contributed by atoms with Gasteiger partial charge in [0.1, 0.15) is 0 Å². The first kappa shape index (κ1) is 16.5. The Labute approximate surface area is 130 Å². The summed E-state index contributed by atoms with van der Waals surface area (Å²) in [6.45, 7) is 0.00627. The van der Waals surface area contributed by atoms with Crippen molar-refractivity contribution in [1.29, 1.82) is 0 Å². The van der Waals surface area contributed by atoms with Gasteiger partial charge < -0.3 is 0 Å². The van der Waals surface area contributed by atoms with Gasteiger partial charge in [0, 0.05) is 6.54 Å². The van der Waals surface area contributed by atoms with E-state index < -0.39 is 20.0 Å². The highest BCUT2D eigenvalue weighted by molar-refractivity contribution is 7.92. The summed E-state index contributed by atoms with van der Waals surface area (Å²) in [7, 11) is -7.08. The molecule has 22 heavy (non-hydrogen) atoms. The fourth-order valence-corrected chi connectivity index (χ4v) is 3.33. The quantitative estimate of drug-likeness (QED) is 0.834. The molecule has 2 N–H and O–H groups in total. The summed E-state index contributed by atoms with van der Waals surface area (Å²) < 4.78 is 51.8. The van der Waals surface area contributed by atoms with Crippen molar-refractivity contribution in [3.63, 3.8) is 0 Å². The van der Waals surface area contributed by atoms with E-state index in [-0.39, 0.29) is 11.4 Å². The van der Waals surface area contributed by atoms with Gasteiger partial charge in [-0.15, -0.1) is 0 Å². The third-order valence-corrected chi connectivity index (χ3v) is 4.89. The van der Waals surface area contributed by atoms with Crippen molar-refractivity contribution >= 4 is 25.7 Å². The number of hydrogen-bond donors (Lipinski definition) is 2. The first-order valence-electron chi connectivity index (χ1n) is 6.38. The number of hydrogen-bond acceptors (Lipinski definition) is 4. The van der Waals surface area contributed by atoms with E-state index in [1.165, 1.54) is 12.1 Å². The van der Waals surface area contributed by atoms with E-state index in [0.29, 0.717) is 11.3 Å². The topological polar surface area (TPSA) is 92.3 Å². The predicted octanol–water partition coefficient (Wildman–Crippen LogP) is 1.54. The number of rotatable bonds is 6. The van der Waals surface area contributed by atoms with Crippen molar-refractivity contribution in [3.8, 4) is 0 Å². The van der Waals surface area contributed by atoms with Crippen LogP contribution in [0.4, 0.5) is 5.69 Å². The van der Waals surface area contributed by atoms with Crippen molar-refractivity contribution < 1.29 is 16.8 Å². The molecule has 0 aromatic heterocycles. The van der Waals surface area contributed by atoms with Crippen molar-refractivity contribution in [2.45, 2.75) is 11.4 Å². The van der Waals surface area contributed by atoms with Gasteiger partial charge in [0.2, 0.25) is 10.0 Å². The molecule has 0 fully saturated rings. The van der Waals surface area contributed by atoms with Gasteiger partial charge in [0.05, 0.1) is 16.8 Å². The summed E-state index contributed by atoms with van der Waals surface area (Å²) in [5, 5.41) is 0. The van der Waals surface area contributed by atoms with Crippen LogP contribution in [0.15, 0.2) is 59.5 Å². The monoisotopic (exact) mass is 340 g/mol. The van der Waals surface area contributed by atoms with E-state index in [2.05, 4.69) is 9.44 Å². The number of para-hydroxylation sites is 1. The Morgan fingerprint density at radius 2 is 1.45 bits per heavy atom. The molecule has 0 saturated carbocycles. The van der Waals surface area contributed by atoms with Gasteiger partial charge in [0.15, 0.2) is 0 Å². The van der Waals surface area contributed by atoms with Crippen LogP contribution in [0.25, 0.3) is 0 Å². The van der Waals surface area contributed by atoms with Gasteiger partial charge in [-0.05, 0) is 23.8 Å². The van der Waals surface area contributed by atoms with Gasteiger partial charge in [-0.1, -0.05) is 36.4 Å². The van der Waals surface area contributed by atoms with E-state index in [0.717, 1.165) is 6.26 Å². The Morgan fingerprint density at radius 1 is 0.864 bits per heavy atom. The molecule has 2 rings (SSSR count). The molecule has 0 aliphatic carbocycles. The molecule has 0 spiro atoms. The molecule has 0 radical (unpaired) electrons. The van der Waals surface area contributed by atoms with Gasteiger partial charge in [-0.3, -0.25) is 4.72 Å². The molecule has 8 heteroatoms. The first-order chi connectivity index (χ1) is 10.3. The molecular formula is C14H16N2O4S2. The second kappa shape index (κ2) is 6.47. The van der Waals surface area contributed by atoms with Crippen molar-refractivity contribution in [2.75, 3.05) is 11.0 Å². The third kappa shape index (κ3) is 4.55. The van der Waals surface area contributed by atoms with Crippen LogP contribution in [-0.2, 0) is 26.6 Å². The second-order valence-corrected chi connectivity index (χ2v) is 8.18. The minimum absolute atomic E-state index is 0.00627. The summed E-state index contributed by atoms with van der Waals surface area (Å²) in [6.07, 6.45) is 1.05. The van der Waals surface area contributed by atoms with Gasteiger partial charge in [0.25, 0.3) is 10.0 Å². The predicted molar refractivity (Wildman–Crippen MR) is 85.4 cm³/mol. The zero-order valence-corrected chi connectivity index (χ0v) is 13.5. The van der Waals surface area contributed by atoms with Crippen LogP contribution in [0.5, 0.6) is 0 Å². The minimum atomic E-state index is -3.72. The summed E-state index contributed by atoms with van der Waals surface area (Å²) in [5.41, 5.74) is 0.870. The number of anilines is 1. The van der Waals surface area contributed by atoms with Crippen LogP contribution < -0.4 is 9.44 Å². The molecule has 0 aliphatic heterocycles. The van der Waals surface area contributed by atoms with Crippen LogP contribution in [0.1, 0.15) is 5.56 Å². The maximum Gasteiger partial charge on any atom is 0.261 e. The average molecular weight is 340 g/mol. The summed E-state index contributed by atoms with van der Waals surface area (Å²) >= 11 is 0. The van der Waals surface area contributed by atoms with Gasteiger partial charge in [-0.2, -0.15) is 0 Å². The highest BCUT2D eigenvalue weighted by atomic mass is 32.2. The Bertz CT molecular complexity index is 847. The standard InChI is InChI=1S/C14H16N2O4S2/c1-21(17,18)15-11-12-7-5-6-10-14(12)16-22(19,20)13-8-3-2-4-9-13/h2-10,15-16H,11H2,1H3. The molecule has 0 unspecified atom stereocenters. The summed E-state index contributed by atoms with van der Waals surface area (Å²) in [5.74, 6) is 0. The number of nitrogens with one attached hydrogen (secondary N) is 2. The molecule has 0 heterocycles. The number of benzene rings is 2. The maximum absolute atomic E-state index is 12.3. The molecule has 0 bridgehead atoms. The Hall–Kier alpha value is -1.90. The molecule has 6 nitrogen and oxygen atoms in total. The highest BCUT2D eigenvalue weighted by Crippen LogP contribution is 2.20. The lowest BCUT2D eigenvalue weighted by Gasteiger charge is -2.12. The van der Waals surface area contributed by atoms with Crippen molar-refractivity contribution in [1.82, 2.24) is 4.72 Å². The fourth-order valence-electron chi connectivity index (χ4n) is 1.79. The Kier molecular flexibility index (Phi) is 4.84. The van der Waals surface area contributed by atoms with Crippen LogP contribution in [0, 0.1) is 0 Å². The van der Waals surface area contributed by atoms with E-state index >= 15 is 0 Å². The molecule has 118 valence electrons. The molecular weight excluding hydrogens is 324 g/mol.